The molecule has 0 aliphatic rings. The van der Waals surface area contributed by atoms with Crippen molar-refractivity contribution in [2.24, 2.45) is 0 Å². The smallest absolute Gasteiger partial charge is 0.251 e. The standard InChI is InChI=1S/C34H41N5O6S2/c1-22-21-46-34(36-22)23(2)37-32(41)26-16-27(18-28(17-26)39(3)47(5,43)44)33(42)38-30(15-24-10-7-6-8-11-24)31(40)20-35-19-25-12-9-13-29(14-25)45-4/h6-14,16-18,21,23,30-31,35,40H,15,19-20H2,1-5H3,(H,37,41)(H,38,42)/t23-,30+,31-/m1/s1. The number of nitrogens with zero attached hydrogens (tertiary/aromatic N) is 2. The van der Waals surface area contributed by atoms with Crippen LogP contribution in [0.5, 0.6) is 5.75 Å². The van der Waals surface area contributed by atoms with Crippen molar-refractivity contribution in [3.63, 3.8) is 0 Å². The minimum atomic E-state index is -3.71. The van der Waals surface area contributed by atoms with Crippen molar-refractivity contribution in [1.29, 1.82) is 0 Å². The highest BCUT2D eigenvalue weighted by Gasteiger charge is 2.25. The lowest BCUT2D eigenvalue weighted by Crippen LogP contribution is -2.48. The van der Waals surface area contributed by atoms with Crippen LogP contribution < -0.4 is 25.0 Å². The normalized spacial score (nSPS) is 13.3. The maximum absolute atomic E-state index is 13.8. The van der Waals surface area contributed by atoms with Gasteiger partial charge in [0.05, 0.1) is 37.2 Å². The molecule has 1 heterocycles. The Morgan fingerprint density at radius 1 is 0.979 bits per heavy atom. The fraction of sp³-hybridized carbons (Fsp3) is 0.324. The number of sulfonamides is 1. The number of aryl methyl sites for hydroxylation is 1. The van der Waals surface area contributed by atoms with Crippen molar-refractivity contribution in [2.45, 2.75) is 45.0 Å². The second-order valence-corrected chi connectivity index (χ2v) is 14.2. The summed E-state index contributed by atoms with van der Waals surface area (Å²) >= 11 is 1.42. The molecule has 4 aromatic rings. The van der Waals surface area contributed by atoms with Crippen molar-refractivity contribution in [3.8, 4) is 5.75 Å². The predicted octanol–water partition coefficient (Wildman–Crippen LogP) is 3.84. The number of hydrogen-bond donors (Lipinski definition) is 4. The van der Waals surface area contributed by atoms with Gasteiger partial charge in [0.15, 0.2) is 0 Å². The maximum atomic E-state index is 13.8. The first kappa shape index (κ1) is 35.6. The highest BCUT2D eigenvalue weighted by molar-refractivity contribution is 7.92. The predicted molar refractivity (Wildman–Crippen MR) is 185 cm³/mol. The number of anilines is 1. The number of methoxy groups -OCH3 is 1. The molecule has 0 saturated heterocycles. The molecule has 0 bridgehead atoms. The van der Waals surface area contributed by atoms with Gasteiger partial charge in [-0.05, 0) is 61.7 Å². The molecule has 0 unspecified atom stereocenters. The molecule has 2 amide bonds. The SMILES string of the molecule is COc1cccc(CNC[C@@H](O)[C@H](Cc2ccccc2)NC(=O)c2cc(C(=O)N[C@H](C)c3nc(C)cs3)cc(N(C)S(C)(=O)=O)c2)c1. The summed E-state index contributed by atoms with van der Waals surface area (Å²) in [4.78, 5) is 31.6. The van der Waals surface area contributed by atoms with Gasteiger partial charge in [0, 0.05) is 42.3 Å². The quantitative estimate of drug-likeness (QED) is 0.148. The monoisotopic (exact) mass is 679 g/mol. The van der Waals surface area contributed by atoms with Gasteiger partial charge in [0.1, 0.15) is 10.8 Å². The summed E-state index contributed by atoms with van der Waals surface area (Å²) in [6, 6.07) is 20.2. The van der Waals surface area contributed by atoms with Crippen molar-refractivity contribution in [1.82, 2.24) is 20.9 Å². The van der Waals surface area contributed by atoms with E-state index in [-0.39, 0.29) is 23.4 Å². The number of carbonyl (C=O) groups excluding carboxylic acids is 2. The van der Waals surface area contributed by atoms with Crippen LogP contribution in [0.1, 0.15) is 55.5 Å². The Morgan fingerprint density at radius 3 is 2.26 bits per heavy atom. The fourth-order valence-electron chi connectivity index (χ4n) is 4.85. The molecule has 3 aromatic carbocycles. The molecule has 13 heteroatoms. The lowest BCUT2D eigenvalue weighted by atomic mass is 10.00. The van der Waals surface area contributed by atoms with Crippen LogP contribution in [0, 0.1) is 6.92 Å². The van der Waals surface area contributed by atoms with Crippen molar-refractivity contribution >= 4 is 38.9 Å². The number of benzene rings is 3. The molecule has 47 heavy (non-hydrogen) atoms. The first-order valence-electron chi connectivity index (χ1n) is 15.0. The Morgan fingerprint density at radius 2 is 1.64 bits per heavy atom. The van der Waals surface area contributed by atoms with E-state index in [9.17, 15) is 23.1 Å². The Balaban J connectivity index is 1.57. The molecule has 0 fully saturated rings. The third-order valence-corrected chi connectivity index (χ3v) is 9.91. The van der Waals surface area contributed by atoms with Crippen LogP contribution in [-0.2, 0) is 23.0 Å². The van der Waals surface area contributed by atoms with Gasteiger partial charge in [-0.15, -0.1) is 11.3 Å². The topological polar surface area (TPSA) is 150 Å². The van der Waals surface area contributed by atoms with Crippen molar-refractivity contribution in [2.75, 3.05) is 31.3 Å². The summed E-state index contributed by atoms with van der Waals surface area (Å²) in [5.74, 6) is -0.339. The fourth-order valence-corrected chi connectivity index (χ4v) is 6.14. The largest absolute Gasteiger partial charge is 0.497 e. The number of carbonyl (C=O) groups is 2. The Labute approximate surface area is 280 Å². The van der Waals surface area contributed by atoms with E-state index in [1.165, 1.54) is 36.6 Å². The molecule has 250 valence electrons. The molecular weight excluding hydrogens is 639 g/mol. The number of hydrogen-bond acceptors (Lipinski definition) is 9. The van der Waals surface area contributed by atoms with Crippen LogP contribution in [-0.4, -0.2) is 69.4 Å². The lowest BCUT2D eigenvalue weighted by Gasteiger charge is -2.25. The molecule has 1 aromatic heterocycles. The highest BCUT2D eigenvalue weighted by Crippen LogP contribution is 2.23. The van der Waals surface area contributed by atoms with Gasteiger partial charge in [0.2, 0.25) is 10.0 Å². The summed E-state index contributed by atoms with van der Waals surface area (Å²) in [5, 5.41) is 23.0. The van der Waals surface area contributed by atoms with Crippen LogP contribution in [0.3, 0.4) is 0 Å². The molecule has 0 aliphatic carbocycles. The molecule has 0 spiro atoms. The molecule has 3 atom stereocenters. The van der Waals surface area contributed by atoms with E-state index in [0.29, 0.717) is 13.0 Å². The molecule has 0 aliphatic heterocycles. The minimum absolute atomic E-state index is 0.0653. The minimum Gasteiger partial charge on any atom is -0.497 e. The highest BCUT2D eigenvalue weighted by atomic mass is 32.2. The number of aliphatic hydroxyl groups excluding tert-OH is 1. The third-order valence-electron chi connectivity index (χ3n) is 7.55. The van der Waals surface area contributed by atoms with Gasteiger partial charge in [-0.25, -0.2) is 13.4 Å². The average molecular weight is 680 g/mol. The summed E-state index contributed by atoms with van der Waals surface area (Å²) < 4.78 is 31.2. The second kappa shape index (κ2) is 16.0. The van der Waals surface area contributed by atoms with Crippen molar-refractivity contribution in [3.05, 3.63) is 111 Å². The van der Waals surface area contributed by atoms with Gasteiger partial charge in [-0.3, -0.25) is 13.9 Å². The number of ether oxygens (including phenoxy) is 1. The number of amides is 2. The van der Waals surface area contributed by atoms with Crippen LogP contribution in [0.15, 0.2) is 78.2 Å². The second-order valence-electron chi connectivity index (χ2n) is 11.3. The van der Waals surface area contributed by atoms with Crippen LogP contribution >= 0.6 is 11.3 Å². The zero-order chi connectivity index (χ0) is 34.1. The summed E-state index contributed by atoms with van der Waals surface area (Å²) in [6.07, 6.45) is 0.379. The Bertz CT molecular complexity index is 1780. The summed E-state index contributed by atoms with van der Waals surface area (Å²) in [6.45, 7) is 4.31. The summed E-state index contributed by atoms with van der Waals surface area (Å²) in [7, 11) is -0.763. The van der Waals surface area contributed by atoms with E-state index in [1.807, 2.05) is 66.9 Å². The molecule has 0 radical (unpaired) electrons. The summed E-state index contributed by atoms with van der Waals surface area (Å²) in [5.41, 5.74) is 3.02. The van der Waals surface area contributed by atoms with Gasteiger partial charge in [-0.2, -0.15) is 0 Å². The molecule has 11 nitrogen and oxygen atoms in total. The number of aliphatic hydroxyl groups is 1. The Kier molecular flexibility index (Phi) is 12.1. The maximum Gasteiger partial charge on any atom is 0.251 e. The van der Waals surface area contributed by atoms with Crippen LogP contribution in [0.25, 0.3) is 0 Å². The molecular formula is C34H41N5O6S2. The van der Waals surface area contributed by atoms with E-state index >= 15 is 0 Å². The van der Waals surface area contributed by atoms with Gasteiger partial charge in [0.25, 0.3) is 11.8 Å². The first-order chi connectivity index (χ1) is 22.3. The molecule has 0 saturated carbocycles. The number of nitrogens with one attached hydrogen (secondary N) is 3. The zero-order valence-corrected chi connectivity index (χ0v) is 28.7. The average Bonchev–Trinajstić information content (AvgIpc) is 3.50. The van der Waals surface area contributed by atoms with Crippen molar-refractivity contribution < 1.29 is 27.9 Å². The van der Waals surface area contributed by atoms with Gasteiger partial charge in [-0.1, -0.05) is 42.5 Å². The van der Waals surface area contributed by atoms with E-state index < -0.39 is 40.0 Å². The van der Waals surface area contributed by atoms with Gasteiger partial charge >= 0.3 is 0 Å². The third kappa shape index (κ3) is 10.1. The first-order valence-corrected chi connectivity index (χ1v) is 17.7. The lowest BCUT2D eigenvalue weighted by molar-refractivity contribution is 0.0830. The molecule has 4 rings (SSSR count). The van der Waals surface area contributed by atoms with Gasteiger partial charge < -0.3 is 25.8 Å². The number of rotatable bonds is 15. The number of aromatic nitrogens is 1. The van der Waals surface area contributed by atoms with E-state index in [2.05, 4.69) is 20.9 Å². The van der Waals surface area contributed by atoms with Crippen LogP contribution in [0.2, 0.25) is 0 Å². The van der Waals surface area contributed by atoms with E-state index in [0.717, 1.165) is 38.1 Å². The number of thiazole rings is 1. The van der Waals surface area contributed by atoms with Crippen LogP contribution in [0.4, 0.5) is 5.69 Å². The molecule has 4 N–H and O–H groups in total. The van der Waals surface area contributed by atoms with E-state index in [4.69, 9.17) is 4.74 Å². The van der Waals surface area contributed by atoms with E-state index in [1.54, 1.807) is 14.0 Å². The Hall–Kier alpha value is -4.30. The zero-order valence-electron chi connectivity index (χ0n) is 27.1.